The maximum atomic E-state index is 12.0. The molecule has 0 atom stereocenters. The normalized spacial score (nSPS) is 13.9. The van der Waals surface area contributed by atoms with Gasteiger partial charge in [0.25, 0.3) is 0 Å². The molecule has 4 rings (SSSR count). The number of hydrogen-bond acceptors (Lipinski definition) is 3. The van der Waals surface area contributed by atoms with Crippen molar-refractivity contribution in [2.24, 2.45) is 13.0 Å². The lowest BCUT2D eigenvalue weighted by Gasteiger charge is -2.05. The summed E-state index contributed by atoms with van der Waals surface area (Å²) in [4.78, 5) is 16.8. The Balaban J connectivity index is 1.61. The van der Waals surface area contributed by atoms with E-state index in [4.69, 9.17) is 4.98 Å². The number of benzene rings is 1. The van der Waals surface area contributed by atoms with E-state index in [1.807, 2.05) is 24.3 Å². The van der Waals surface area contributed by atoms with Crippen LogP contribution in [0.25, 0.3) is 21.8 Å². The number of rotatable bonds is 4. The molecule has 5 heteroatoms. The molecule has 0 unspecified atom stereocenters. The summed E-state index contributed by atoms with van der Waals surface area (Å²) < 4.78 is 2.18. The van der Waals surface area contributed by atoms with E-state index >= 15 is 0 Å². The van der Waals surface area contributed by atoms with Gasteiger partial charge in [-0.3, -0.25) is 4.79 Å². The molecular weight excluding hydrogens is 330 g/mol. The number of carbonyl (C=O) groups excluding carboxylic acids is 1. The van der Waals surface area contributed by atoms with Gasteiger partial charge in [-0.2, -0.15) is 0 Å². The van der Waals surface area contributed by atoms with Crippen molar-refractivity contribution >= 4 is 22.9 Å². The van der Waals surface area contributed by atoms with Crippen LogP contribution in [0.5, 0.6) is 0 Å². The van der Waals surface area contributed by atoms with Crippen molar-refractivity contribution in [3.05, 3.63) is 47.1 Å². The number of aryl methyl sites for hydroxylation is 1. The summed E-state index contributed by atoms with van der Waals surface area (Å²) in [6, 6.07) is 10.1. The third kappa shape index (κ3) is 3.12. The molecule has 1 N–H and O–H groups in total. The maximum Gasteiger partial charge on any atom is 0.227 e. The summed E-state index contributed by atoms with van der Waals surface area (Å²) in [5.41, 5.74) is 6.52. The van der Waals surface area contributed by atoms with E-state index in [1.54, 1.807) is 11.3 Å². The van der Waals surface area contributed by atoms with E-state index in [0.29, 0.717) is 0 Å². The van der Waals surface area contributed by atoms with Gasteiger partial charge in [0.05, 0.1) is 5.69 Å². The fraction of sp³-hybridized carbons (Fsp3) is 0.300. The van der Waals surface area contributed by atoms with Crippen LogP contribution in [0.1, 0.15) is 24.2 Å². The number of thiazole rings is 1. The Hall–Kier alpha value is -2.40. The quantitative estimate of drug-likeness (QED) is 0.735. The van der Waals surface area contributed by atoms with Crippen LogP contribution in [0.15, 0.2) is 35.7 Å². The van der Waals surface area contributed by atoms with E-state index in [9.17, 15) is 4.79 Å². The molecule has 0 aliphatic heterocycles. The van der Waals surface area contributed by atoms with Crippen molar-refractivity contribution in [1.82, 2.24) is 9.55 Å². The number of nitrogens with zero attached hydrogens (tertiary/aromatic N) is 2. The van der Waals surface area contributed by atoms with Crippen LogP contribution in [0.3, 0.4) is 0 Å². The Morgan fingerprint density at radius 2 is 2.08 bits per heavy atom. The largest absolute Gasteiger partial charge is 0.351 e. The molecule has 1 aliphatic rings. The molecule has 1 saturated carbocycles. The highest BCUT2D eigenvalue weighted by atomic mass is 32.1. The first-order chi connectivity index (χ1) is 12.0. The van der Waals surface area contributed by atoms with Crippen molar-refractivity contribution in [3.63, 3.8) is 0 Å². The topological polar surface area (TPSA) is 46.9 Å². The number of carbonyl (C=O) groups is 1. The average molecular weight is 351 g/mol. The Labute approximate surface area is 151 Å². The molecule has 2 heterocycles. The highest BCUT2D eigenvalue weighted by Gasteiger charge is 2.29. The lowest BCUT2D eigenvalue weighted by Crippen LogP contribution is -2.13. The van der Waals surface area contributed by atoms with E-state index in [2.05, 4.69) is 42.2 Å². The molecule has 1 amide bonds. The van der Waals surface area contributed by atoms with E-state index < -0.39 is 0 Å². The first-order valence-electron chi connectivity index (χ1n) is 8.53. The predicted molar refractivity (Wildman–Crippen MR) is 103 cm³/mol. The minimum atomic E-state index is 0.132. The summed E-state index contributed by atoms with van der Waals surface area (Å²) in [5, 5.41) is 6.08. The van der Waals surface area contributed by atoms with Crippen LogP contribution >= 0.6 is 11.3 Å². The van der Waals surface area contributed by atoms with Gasteiger partial charge in [0.2, 0.25) is 5.91 Å². The van der Waals surface area contributed by atoms with Crippen molar-refractivity contribution in [3.8, 4) is 21.8 Å². The van der Waals surface area contributed by atoms with Crippen LogP contribution < -0.4 is 5.32 Å². The molecular formula is C20H21N3OS. The van der Waals surface area contributed by atoms with Crippen LogP contribution in [0, 0.1) is 19.8 Å². The highest BCUT2D eigenvalue weighted by Crippen LogP contribution is 2.33. The molecule has 0 radical (unpaired) electrons. The van der Waals surface area contributed by atoms with Crippen molar-refractivity contribution < 1.29 is 4.79 Å². The SMILES string of the molecule is Cc1cc(-c2csc(-c3cccc(NC(=O)C4CC4)c3)n2)c(C)n1C. The minimum absolute atomic E-state index is 0.132. The van der Waals surface area contributed by atoms with Gasteiger partial charge in [0.15, 0.2) is 0 Å². The predicted octanol–water partition coefficient (Wildman–Crippen LogP) is 4.78. The highest BCUT2D eigenvalue weighted by molar-refractivity contribution is 7.13. The number of aromatic nitrogens is 2. The van der Waals surface area contributed by atoms with Crippen molar-refractivity contribution in [2.45, 2.75) is 26.7 Å². The molecule has 4 nitrogen and oxygen atoms in total. The lowest BCUT2D eigenvalue weighted by atomic mass is 10.2. The molecule has 0 saturated heterocycles. The molecule has 1 fully saturated rings. The van der Waals surface area contributed by atoms with Gasteiger partial charge in [-0.05, 0) is 44.9 Å². The Morgan fingerprint density at radius 3 is 2.76 bits per heavy atom. The van der Waals surface area contributed by atoms with Gasteiger partial charge in [0, 0.05) is 46.5 Å². The van der Waals surface area contributed by atoms with Crippen molar-refractivity contribution in [1.29, 1.82) is 0 Å². The zero-order valence-corrected chi connectivity index (χ0v) is 15.5. The number of hydrogen-bond donors (Lipinski definition) is 1. The lowest BCUT2D eigenvalue weighted by molar-refractivity contribution is -0.117. The van der Waals surface area contributed by atoms with Gasteiger partial charge in [-0.1, -0.05) is 12.1 Å². The molecule has 3 aromatic rings. The van der Waals surface area contributed by atoms with Gasteiger partial charge in [-0.15, -0.1) is 11.3 Å². The van der Waals surface area contributed by atoms with Gasteiger partial charge >= 0.3 is 0 Å². The molecule has 0 spiro atoms. The summed E-state index contributed by atoms with van der Waals surface area (Å²) in [6.07, 6.45) is 2.02. The summed E-state index contributed by atoms with van der Waals surface area (Å²) in [6.45, 7) is 4.23. The number of amides is 1. The second-order valence-corrected chi connectivity index (χ2v) is 7.58. The summed E-state index contributed by atoms with van der Waals surface area (Å²) in [7, 11) is 2.08. The van der Waals surface area contributed by atoms with E-state index in [1.165, 1.54) is 17.0 Å². The maximum absolute atomic E-state index is 12.0. The van der Waals surface area contributed by atoms with E-state index in [0.717, 1.165) is 34.8 Å². The second kappa shape index (κ2) is 6.15. The first-order valence-corrected chi connectivity index (χ1v) is 9.41. The zero-order valence-electron chi connectivity index (χ0n) is 14.7. The van der Waals surface area contributed by atoms with Gasteiger partial charge in [0.1, 0.15) is 5.01 Å². The Bertz CT molecular complexity index is 950. The molecule has 1 aromatic carbocycles. The van der Waals surface area contributed by atoms with Crippen LogP contribution in [-0.4, -0.2) is 15.5 Å². The zero-order chi connectivity index (χ0) is 17.6. The monoisotopic (exact) mass is 351 g/mol. The van der Waals surface area contributed by atoms with Crippen LogP contribution in [-0.2, 0) is 11.8 Å². The van der Waals surface area contributed by atoms with E-state index in [-0.39, 0.29) is 11.8 Å². The molecule has 1 aliphatic carbocycles. The smallest absolute Gasteiger partial charge is 0.227 e. The standard InChI is InChI=1S/C20H21N3OS/c1-12-9-17(13(2)23(12)3)18-11-25-20(22-18)15-5-4-6-16(10-15)21-19(24)14-7-8-14/h4-6,9-11,14H,7-8H2,1-3H3,(H,21,24). The fourth-order valence-corrected chi connectivity index (χ4v) is 3.78. The molecule has 0 bridgehead atoms. The Morgan fingerprint density at radius 1 is 1.28 bits per heavy atom. The van der Waals surface area contributed by atoms with Crippen LogP contribution in [0.4, 0.5) is 5.69 Å². The Kier molecular flexibility index (Phi) is 3.96. The summed E-state index contributed by atoms with van der Waals surface area (Å²) in [5.74, 6) is 0.340. The number of anilines is 1. The van der Waals surface area contributed by atoms with Crippen LogP contribution in [0.2, 0.25) is 0 Å². The first kappa shape index (κ1) is 16.1. The molecule has 128 valence electrons. The second-order valence-electron chi connectivity index (χ2n) is 6.73. The number of nitrogens with one attached hydrogen (secondary N) is 1. The van der Waals surface area contributed by atoms with Crippen molar-refractivity contribution in [2.75, 3.05) is 5.32 Å². The fourth-order valence-electron chi connectivity index (χ4n) is 2.96. The van der Waals surface area contributed by atoms with Gasteiger partial charge < -0.3 is 9.88 Å². The third-order valence-electron chi connectivity index (χ3n) is 4.88. The third-order valence-corrected chi connectivity index (χ3v) is 5.77. The molecule has 25 heavy (non-hydrogen) atoms. The molecule has 2 aromatic heterocycles. The summed E-state index contributed by atoms with van der Waals surface area (Å²) >= 11 is 1.63. The average Bonchev–Trinajstić information content (AvgIpc) is 3.30. The minimum Gasteiger partial charge on any atom is -0.351 e. The van der Waals surface area contributed by atoms with Gasteiger partial charge in [-0.25, -0.2) is 4.98 Å².